The minimum atomic E-state index is -0.286. The number of likely N-dealkylation sites (tertiary alicyclic amines) is 1. The van der Waals surface area contributed by atoms with Crippen molar-refractivity contribution < 1.29 is 14.6 Å². The zero-order chi connectivity index (χ0) is 17.4. The Labute approximate surface area is 149 Å². The molecule has 25 heavy (non-hydrogen) atoms. The minimum Gasteiger partial charge on any atom is -0.392 e. The van der Waals surface area contributed by atoms with Crippen LogP contribution in [0.2, 0.25) is 0 Å². The van der Waals surface area contributed by atoms with Crippen molar-refractivity contribution in [3.63, 3.8) is 0 Å². The molecule has 1 spiro atoms. The van der Waals surface area contributed by atoms with Gasteiger partial charge in [0, 0.05) is 37.2 Å². The summed E-state index contributed by atoms with van der Waals surface area (Å²) in [6.45, 7) is 4.04. The van der Waals surface area contributed by atoms with Crippen LogP contribution in [0.5, 0.6) is 0 Å². The van der Waals surface area contributed by atoms with Crippen LogP contribution in [0.25, 0.3) is 0 Å². The van der Waals surface area contributed by atoms with Crippen molar-refractivity contribution in [2.24, 2.45) is 5.41 Å². The van der Waals surface area contributed by atoms with Gasteiger partial charge in [0.2, 0.25) is 0 Å². The van der Waals surface area contributed by atoms with E-state index in [-0.39, 0.29) is 23.7 Å². The largest absolute Gasteiger partial charge is 0.392 e. The molecule has 2 aliphatic carbocycles. The van der Waals surface area contributed by atoms with E-state index in [1.807, 2.05) is 17.9 Å². The first kappa shape index (κ1) is 16.9. The molecule has 0 bridgehead atoms. The summed E-state index contributed by atoms with van der Waals surface area (Å²) in [4.78, 5) is 14.5. The Hall–Kier alpha value is -1.59. The second-order valence-electron chi connectivity index (χ2n) is 7.68. The standard InChI is InChI=1S/C20H28N2O3/c1-2-25-18-13-17(23)20(18)8-10-22(11-9-20)19(24)21-16-7-6-14-4-3-5-15(14)12-16/h6-7,12,17-18,23H,2-5,8-11,13H2,1H3,(H,21,24)/t17-,18+/m0/s1. The van der Waals surface area contributed by atoms with Gasteiger partial charge >= 0.3 is 6.03 Å². The fraction of sp³-hybridized carbons (Fsp3) is 0.650. The number of ether oxygens (including phenoxy) is 1. The summed E-state index contributed by atoms with van der Waals surface area (Å²) in [7, 11) is 0. The van der Waals surface area contributed by atoms with Crippen molar-refractivity contribution in [1.29, 1.82) is 0 Å². The molecule has 1 saturated carbocycles. The predicted molar refractivity (Wildman–Crippen MR) is 96.8 cm³/mol. The first-order valence-electron chi connectivity index (χ1n) is 9.60. The molecule has 1 saturated heterocycles. The maximum absolute atomic E-state index is 12.6. The molecule has 1 aromatic carbocycles. The minimum absolute atomic E-state index is 0.0328. The van der Waals surface area contributed by atoms with Crippen molar-refractivity contribution in [3.05, 3.63) is 29.3 Å². The van der Waals surface area contributed by atoms with Crippen molar-refractivity contribution in [2.75, 3.05) is 25.0 Å². The molecule has 5 heteroatoms. The quantitative estimate of drug-likeness (QED) is 0.886. The molecular formula is C20H28N2O3. The Bertz CT molecular complexity index is 650. The lowest BCUT2D eigenvalue weighted by atomic mass is 9.58. The van der Waals surface area contributed by atoms with E-state index in [0.29, 0.717) is 19.7 Å². The third-order valence-electron chi connectivity index (χ3n) is 6.44. The summed E-state index contributed by atoms with van der Waals surface area (Å²) < 4.78 is 5.80. The first-order valence-corrected chi connectivity index (χ1v) is 9.60. The highest BCUT2D eigenvalue weighted by molar-refractivity contribution is 5.89. The van der Waals surface area contributed by atoms with E-state index in [4.69, 9.17) is 4.74 Å². The van der Waals surface area contributed by atoms with Crippen molar-refractivity contribution >= 4 is 11.7 Å². The highest BCUT2D eigenvalue weighted by Gasteiger charge is 2.56. The van der Waals surface area contributed by atoms with Crippen LogP contribution < -0.4 is 5.32 Å². The summed E-state index contributed by atoms with van der Waals surface area (Å²) in [5.41, 5.74) is 3.54. The first-order chi connectivity index (χ1) is 12.1. The highest BCUT2D eigenvalue weighted by Crippen LogP contribution is 2.50. The van der Waals surface area contributed by atoms with Crippen LogP contribution in [0, 0.1) is 5.41 Å². The number of amides is 2. The van der Waals surface area contributed by atoms with Gasteiger partial charge in [0.25, 0.3) is 0 Å². The molecule has 2 amide bonds. The second kappa shape index (κ2) is 6.61. The average molecular weight is 344 g/mol. The lowest BCUT2D eigenvalue weighted by Gasteiger charge is -2.56. The summed E-state index contributed by atoms with van der Waals surface area (Å²) in [6, 6.07) is 6.23. The molecule has 3 aliphatic rings. The van der Waals surface area contributed by atoms with Crippen LogP contribution in [-0.2, 0) is 17.6 Å². The Morgan fingerprint density at radius 1 is 1.32 bits per heavy atom. The number of hydrogen-bond acceptors (Lipinski definition) is 3. The molecule has 4 rings (SSSR count). The third-order valence-corrected chi connectivity index (χ3v) is 6.44. The van der Waals surface area contributed by atoms with Gasteiger partial charge in [0.15, 0.2) is 0 Å². The number of aliphatic hydroxyl groups is 1. The van der Waals surface area contributed by atoms with Gasteiger partial charge in [0.1, 0.15) is 0 Å². The topological polar surface area (TPSA) is 61.8 Å². The number of aryl methyl sites for hydroxylation is 2. The van der Waals surface area contributed by atoms with Crippen molar-refractivity contribution in [3.8, 4) is 0 Å². The molecule has 2 fully saturated rings. The Kier molecular flexibility index (Phi) is 4.46. The lowest BCUT2D eigenvalue weighted by molar-refractivity contribution is -0.207. The number of nitrogens with zero attached hydrogens (tertiary/aromatic N) is 1. The molecule has 0 unspecified atom stereocenters. The monoisotopic (exact) mass is 344 g/mol. The smallest absolute Gasteiger partial charge is 0.321 e. The predicted octanol–water partition coefficient (Wildman–Crippen LogP) is 2.96. The van der Waals surface area contributed by atoms with Gasteiger partial charge in [-0.2, -0.15) is 0 Å². The number of urea groups is 1. The van der Waals surface area contributed by atoms with E-state index in [1.54, 1.807) is 0 Å². The second-order valence-corrected chi connectivity index (χ2v) is 7.68. The Morgan fingerprint density at radius 3 is 2.80 bits per heavy atom. The van der Waals surface area contributed by atoms with Gasteiger partial charge < -0.3 is 20.1 Å². The molecule has 136 valence electrons. The zero-order valence-electron chi connectivity index (χ0n) is 15.0. The number of anilines is 1. The third kappa shape index (κ3) is 2.93. The summed E-state index contributed by atoms with van der Waals surface area (Å²) in [5, 5.41) is 13.3. The highest BCUT2D eigenvalue weighted by atomic mass is 16.5. The van der Waals surface area contributed by atoms with Crippen LogP contribution >= 0.6 is 0 Å². The summed E-state index contributed by atoms with van der Waals surface area (Å²) in [6.07, 6.45) is 5.70. The van der Waals surface area contributed by atoms with E-state index >= 15 is 0 Å². The number of carbonyl (C=O) groups excluding carboxylic acids is 1. The zero-order valence-corrected chi connectivity index (χ0v) is 15.0. The molecule has 1 aromatic rings. The van der Waals surface area contributed by atoms with Gasteiger partial charge in [-0.25, -0.2) is 4.79 Å². The molecule has 5 nitrogen and oxygen atoms in total. The SMILES string of the molecule is CCO[C@@H]1C[C@H](O)C12CCN(C(=O)Nc1ccc3c(c1)CCC3)CC2. The molecule has 2 N–H and O–H groups in total. The number of nitrogens with one attached hydrogen (secondary N) is 1. The number of carbonyl (C=O) groups is 1. The fourth-order valence-corrected chi connectivity index (χ4v) is 4.79. The molecule has 2 atom stereocenters. The van der Waals surface area contributed by atoms with Crippen LogP contribution in [-0.4, -0.2) is 47.9 Å². The number of piperidine rings is 1. The number of benzene rings is 1. The van der Waals surface area contributed by atoms with Crippen LogP contribution in [0.4, 0.5) is 10.5 Å². The number of rotatable bonds is 3. The normalized spacial score (nSPS) is 27.0. The van der Waals surface area contributed by atoms with Crippen molar-refractivity contribution in [2.45, 2.75) is 57.7 Å². The Morgan fingerprint density at radius 2 is 2.08 bits per heavy atom. The van der Waals surface area contributed by atoms with Gasteiger partial charge in [-0.1, -0.05) is 6.07 Å². The molecular weight excluding hydrogens is 316 g/mol. The van der Waals surface area contributed by atoms with Gasteiger partial charge in [-0.05, 0) is 62.3 Å². The molecule has 0 radical (unpaired) electrons. The van der Waals surface area contributed by atoms with Crippen LogP contribution in [0.15, 0.2) is 18.2 Å². The lowest BCUT2D eigenvalue weighted by Crippen LogP contribution is -2.63. The maximum Gasteiger partial charge on any atom is 0.321 e. The number of fused-ring (bicyclic) bond motifs is 1. The van der Waals surface area contributed by atoms with E-state index in [2.05, 4.69) is 17.4 Å². The van der Waals surface area contributed by atoms with E-state index in [9.17, 15) is 9.90 Å². The maximum atomic E-state index is 12.6. The van der Waals surface area contributed by atoms with Crippen LogP contribution in [0.3, 0.4) is 0 Å². The van der Waals surface area contributed by atoms with Crippen molar-refractivity contribution in [1.82, 2.24) is 4.90 Å². The molecule has 1 heterocycles. The van der Waals surface area contributed by atoms with E-state index in [0.717, 1.165) is 37.8 Å². The molecule has 1 aliphatic heterocycles. The van der Waals surface area contributed by atoms with E-state index in [1.165, 1.54) is 17.5 Å². The van der Waals surface area contributed by atoms with Gasteiger partial charge in [-0.15, -0.1) is 0 Å². The van der Waals surface area contributed by atoms with E-state index < -0.39 is 0 Å². The average Bonchev–Trinajstić information content (AvgIpc) is 3.09. The Balaban J connectivity index is 1.35. The van der Waals surface area contributed by atoms with Gasteiger partial charge in [-0.3, -0.25) is 0 Å². The molecule has 0 aromatic heterocycles. The van der Waals surface area contributed by atoms with Crippen LogP contribution in [0.1, 0.15) is 43.7 Å². The fourth-order valence-electron chi connectivity index (χ4n) is 4.79. The summed E-state index contributed by atoms with van der Waals surface area (Å²) >= 11 is 0. The van der Waals surface area contributed by atoms with Gasteiger partial charge in [0.05, 0.1) is 12.2 Å². The number of hydrogen-bond donors (Lipinski definition) is 2. The number of aliphatic hydroxyl groups excluding tert-OH is 1. The summed E-state index contributed by atoms with van der Waals surface area (Å²) in [5.74, 6) is 0.